The average Bonchev–Trinajstić information content (AvgIpc) is 2.88. The number of hydrogen-bond acceptors (Lipinski definition) is 3. The lowest BCUT2D eigenvalue weighted by atomic mass is 9.96. The summed E-state index contributed by atoms with van der Waals surface area (Å²) in [5, 5.41) is 4.71. The van der Waals surface area contributed by atoms with E-state index in [9.17, 15) is 0 Å². The van der Waals surface area contributed by atoms with Crippen LogP contribution in [0, 0.1) is 5.92 Å². The van der Waals surface area contributed by atoms with Gasteiger partial charge in [-0.1, -0.05) is 32.6 Å². The van der Waals surface area contributed by atoms with Crippen molar-refractivity contribution < 1.29 is 0 Å². The van der Waals surface area contributed by atoms with E-state index in [-0.39, 0.29) is 0 Å². The van der Waals surface area contributed by atoms with Gasteiger partial charge < -0.3 is 5.32 Å². The molecule has 2 atom stereocenters. The lowest BCUT2D eigenvalue weighted by molar-refractivity contribution is 0.386. The highest BCUT2D eigenvalue weighted by molar-refractivity contribution is 8.06. The van der Waals surface area contributed by atoms with Gasteiger partial charge in [-0.15, -0.1) is 0 Å². The number of nitrogens with one attached hydrogen (secondary N) is 1. The van der Waals surface area contributed by atoms with Crippen LogP contribution in [0.3, 0.4) is 0 Å². The molecule has 1 nitrogen and oxygen atoms in total. The molecular weight excluding hydrogens is 246 g/mol. The third-order valence-corrected chi connectivity index (χ3v) is 6.93. The summed E-state index contributed by atoms with van der Waals surface area (Å²) >= 11 is 4.38. The van der Waals surface area contributed by atoms with Gasteiger partial charge in [0.25, 0.3) is 0 Å². The van der Waals surface area contributed by atoms with E-state index >= 15 is 0 Å². The number of thioether (sulfide) groups is 2. The Morgan fingerprint density at radius 2 is 2.06 bits per heavy atom. The SMILES string of the molecule is CCCNC(CC1CCCC1)C1CSCCS1. The van der Waals surface area contributed by atoms with Gasteiger partial charge >= 0.3 is 0 Å². The van der Waals surface area contributed by atoms with Crippen LogP contribution in [-0.2, 0) is 0 Å². The van der Waals surface area contributed by atoms with Crippen molar-refractivity contribution in [3.8, 4) is 0 Å². The van der Waals surface area contributed by atoms with Crippen molar-refractivity contribution in [1.29, 1.82) is 0 Å². The molecule has 0 spiro atoms. The minimum Gasteiger partial charge on any atom is -0.313 e. The monoisotopic (exact) mass is 273 g/mol. The molecule has 1 aliphatic heterocycles. The first-order valence-corrected chi connectivity index (χ1v) is 9.53. The summed E-state index contributed by atoms with van der Waals surface area (Å²) in [6.07, 6.45) is 8.67. The maximum absolute atomic E-state index is 3.83. The lowest BCUT2D eigenvalue weighted by Crippen LogP contribution is -2.42. The molecule has 2 aliphatic rings. The highest BCUT2D eigenvalue weighted by atomic mass is 32.2. The van der Waals surface area contributed by atoms with Crippen molar-refractivity contribution in [3.05, 3.63) is 0 Å². The third kappa shape index (κ3) is 4.68. The maximum atomic E-state index is 3.83. The Morgan fingerprint density at radius 3 is 2.71 bits per heavy atom. The second kappa shape index (κ2) is 7.96. The van der Waals surface area contributed by atoms with Crippen LogP contribution >= 0.6 is 23.5 Å². The summed E-state index contributed by atoms with van der Waals surface area (Å²) < 4.78 is 0. The van der Waals surface area contributed by atoms with Crippen molar-refractivity contribution in [1.82, 2.24) is 5.32 Å². The van der Waals surface area contributed by atoms with Crippen LogP contribution in [0.25, 0.3) is 0 Å². The second-order valence-corrected chi connectivity index (χ2v) is 7.93. The zero-order chi connectivity index (χ0) is 11.9. The van der Waals surface area contributed by atoms with Gasteiger partial charge in [-0.25, -0.2) is 0 Å². The first-order chi connectivity index (χ1) is 8.40. The van der Waals surface area contributed by atoms with Crippen LogP contribution in [0.15, 0.2) is 0 Å². The summed E-state index contributed by atoms with van der Waals surface area (Å²) in [6, 6.07) is 0.788. The largest absolute Gasteiger partial charge is 0.313 e. The van der Waals surface area contributed by atoms with E-state index in [1.807, 2.05) is 0 Å². The predicted octanol–water partition coefficient (Wildman–Crippen LogP) is 3.78. The third-order valence-electron chi connectivity index (χ3n) is 4.01. The first kappa shape index (κ1) is 14.1. The van der Waals surface area contributed by atoms with Crippen LogP contribution in [-0.4, -0.2) is 35.1 Å². The van der Waals surface area contributed by atoms with Crippen LogP contribution in [0.4, 0.5) is 0 Å². The predicted molar refractivity (Wildman–Crippen MR) is 82.2 cm³/mol. The van der Waals surface area contributed by atoms with Crippen LogP contribution in [0.2, 0.25) is 0 Å². The van der Waals surface area contributed by atoms with Gasteiger partial charge in [-0.3, -0.25) is 0 Å². The average molecular weight is 274 g/mol. The Labute approximate surface area is 115 Å². The fourth-order valence-electron chi connectivity index (χ4n) is 3.04. The molecule has 2 fully saturated rings. The molecule has 1 N–H and O–H groups in total. The van der Waals surface area contributed by atoms with Gasteiger partial charge in [0.15, 0.2) is 0 Å². The Balaban J connectivity index is 1.81. The molecule has 0 bridgehead atoms. The van der Waals surface area contributed by atoms with Crippen molar-refractivity contribution in [3.63, 3.8) is 0 Å². The minimum absolute atomic E-state index is 0.788. The lowest BCUT2D eigenvalue weighted by Gasteiger charge is -2.32. The van der Waals surface area contributed by atoms with Gasteiger partial charge in [0, 0.05) is 28.6 Å². The summed E-state index contributed by atoms with van der Waals surface area (Å²) in [4.78, 5) is 0. The van der Waals surface area contributed by atoms with E-state index in [0.29, 0.717) is 0 Å². The number of rotatable bonds is 6. The van der Waals surface area contributed by atoms with E-state index < -0.39 is 0 Å². The molecule has 0 aromatic rings. The quantitative estimate of drug-likeness (QED) is 0.791. The maximum Gasteiger partial charge on any atom is 0.0292 e. The molecule has 0 radical (unpaired) electrons. The smallest absolute Gasteiger partial charge is 0.0292 e. The Hall–Kier alpha value is 0.660. The molecule has 2 unspecified atom stereocenters. The molecule has 100 valence electrons. The standard InChI is InChI=1S/C14H27NS2/c1-2-7-15-13(10-12-5-3-4-6-12)14-11-16-8-9-17-14/h12-15H,2-11H2,1H3. The van der Waals surface area contributed by atoms with Crippen molar-refractivity contribution in [2.24, 2.45) is 5.92 Å². The van der Waals surface area contributed by atoms with Crippen molar-refractivity contribution in [2.45, 2.75) is 56.7 Å². The highest BCUT2D eigenvalue weighted by Gasteiger charge is 2.27. The van der Waals surface area contributed by atoms with E-state index in [4.69, 9.17) is 0 Å². The molecule has 0 aromatic heterocycles. The van der Waals surface area contributed by atoms with Crippen molar-refractivity contribution in [2.75, 3.05) is 23.8 Å². The van der Waals surface area contributed by atoms with Gasteiger partial charge in [0.05, 0.1) is 0 Å². The van der Waals surface area contributed by atoms with Crippen LogP contribution in [0.5, 0.6) is 0 Å². The molecule has 0 amide bonds. The summed E-state index contributed by atoms with van der Waals surface area (Å²) in [6.45, 7) is 3.49. The first-order valence-electron chi connectivity index (χ1n) is 7.33. The molecule has 1 aliphatic carbocycles. The Kier molecular flexibility index (Phi) is 6.59. The molecule has 17 heavy (non-hydrogen) atoms. The van der Waals surface area contributed by atoms with E-state index in [0.717, 1.165) is 17.2 Å². The summed E-state index contributed by atoms with van der Waals surface area (Å²) in [5.41, 5.74) is 0. The van der Waals surface area contributed by atoms with Crippen LogP contribution < -0.4 is 5.32 Å². The zero-order valence-corrected chi connectivity index (χ0v) is 12.8. The van der Waals surface area contributed by atoms with Crippen LogP contribution in [0.1, 0.15) is 45.4 Å². The van der Waals surface area contributed by atoms with Gasteiger partial charge in [0.2, 0.25) is 0 Å². The van der Waals surface area contributed by atoms with E-state index in [2.05, 4.69) is 35.8 Å². The minimum atomic E-state index is 0.788. The number of hydrogen-bond donors (Lipinski definition) is 1. The summed E-state index contributed by atoms with van der Waals surface area (Å²) in [5.74, 6) is 5.13. The van der Waals surface area contributed by atoms with Gasteiger partial charge in [0.1, 0.15) is 0 Å². The molecular formula is C14H27NS2. The van der Waals surface area contributed by atoms with Gasteiger partial charge in [-0.05, 0) is 25.3 Å². The molecule has 0 aromatic carbocycles. The van der Waals surface area contributed by atoms with Crippen molar-refractivity contribution >= 4 is 23.5 Å². The molecule has 2 rings (SSSR count). The van der Waals surface area contributed by atoms with E-state index in [1.54, 1.807) is 0 Å². The Morgan fingerprint density at radius 1 is 1.24 bits per heavy atom. The van der Waals surface area contributed by atoms with Gasteiger partial charge in [-0.2, -0.15) is 23.5 Å². The zero-order valence-electron chi connectivity index (χ0n) is 11.1. The highest BCUT2D eigenvalue weighted by Crippen LogP contribution is 2.33. The fraction of sp³-hybridized carbons (Fsp3) is 1.00. The van der Waals surface area contributed by atoms with E-state index in [1.165, 1.54) is 62.3 Å². The molecule has 3 heteroatoms. The fourth-order valence-corrected chi connectivity index (χ4v) is 5.94. The topological polar surface area (TPSA) is 12.0 Å². The Bertz CT molecular complexity index is 198. The normalized spacial score (nSPS) is 28.4. The second-order valence-electron chi connectivity index (χ2n) is 5.43. The summed E-state index contributed by atoms with van der Waals surface area (Å²) in [7, 11) is 0. The molecule has 1 saturated heterocycles. The molecule has 1 saturated carbocycles. The molecule has 1 heterocycles.